The molecule has 0 aliphatic carbocycles. The predicted molar refractivity (Wildman–Crippen MR) is 66.7 cm³/mol. The Morgan fingerprint density at radius 1 is 1.21 bits per heavy atom. The van der Waals surface area contributed by atoms with Crippen molar-refractivity contribution < 1.29 is 13.9 Å². The van der Waals surface area contributed by atoms with E-state index in [9.17, 15) is 9.18 Å². The maximum Gasteiger partial charge on any atom is 0.338 e. The van der Waals surface area contributed by atoms with Gasteiger partial charge in [-0.3, -0.25) is 0 Å². The summed E-state index contributed by atoms with van der Waals surface area (Å²) in [4.78, 5) is 11.7. The van der Waals surface area contributed by atoms with Crippen molar-refractivity contribution in [1.82, 2.24) is 0 Å². The number of halogens is 1. The van der Waals surface area contributed by atoms with E-state index in [0.717, 1.165) is 0 Å². The number of hydrogen-bond donors (Lipinski definition) is 0. The lowest BCUT2D eigenvalue weighted by atomic mass is 10.1. The Morgan fingerprint density at radius 2 is 1.95 bits per heavy atom. The van der Waals surface area contributed by atoms with Gasteiger partial charge in [-0.2, -0.15) is 5.26 Å². The second-order valence-electron chi connectivity index (χ2n) is 3.90. The molecule has 2 aromatic rings. The lowest BCUT2D eigenvalue weighted by Crippen LogP contribution is -2.05. The fourth-order valence-electron chi connectivity index (χ4n) is 1.53. The molecule has 0 unspecified atom stereocenters. The maximum atomic E-state index is 12.7. The molecule has 2 rings (SSSR count). The van der Waals surface area contributed by atoms with Gasteiger partial charge in [0.15, 0.2) is 0 Å². The number of rotatable bonds is 3. The highest BCUT2D eigenvalue weighted by Gasteiger charge is 2.08. The molecule has 0 saturated heterocycles. The van der Waals surface area contributed by atoms with Crippen LogP contribution in [0.1, 0.15) is 21.5 Å². The molecule has 0 aromatic heterocycles. The first-order valence-corrected chi connectivity index (χ1v) is 5.61. The van der Waals surface area contributed by atoms with E-state index in [1.807, 2.05) is 6.07 Å². The smallest absolute Gasteiger partial charge is 0.338 e. The average molecular weight is 255 g/mol. The molecule has 0 atom stereocenters. The summed E-state index contributed by atoms with van der Waals surface area (Å²) in [6.07, 6.45) is 0. The second kappa shape index (κ2) is 5.78. The van der Waals surface area contributed by atoms with E-state index in [1.165, 1.54) is 18.2 Å². The predicted octanol–water partition coefficient (Wildman–Crippen LogP) is 3.05. The quantitative estimate of drug-likeness (QED) is 0.792. The van der Waals surface area contributed by atoms with Gasteiger partial charge in [0.1, 0.15) is 12.4 Å². The first kappa shape index (κ1) is 12.8. The molecular weight excluding hydrogens is 245 g/mol. The van der Waals surface area contributed by atoms with Crippen LogP contribution in [0.3, 0.4) is 0 Å². The van der Waals surface area contributed by atoms with Crippen molar-refractivity contribution in [2.24, 2.45) is 0 Å². The lowest BCUT2D eigenvalue weighted by molar-refractivity contribution is 0.0472. The Labute approximate surface area is 109 Å². The zero-order valence-corrected chi connectivity index (χ0v) is 9.97. The fraction of sp³-hybridized carbons (Fsp3) is 0.0667. The number of nitrogens with zero attached hydrogens (tertiary/aromatic N) is 1. The van der Waals surface area contributed by atoms with Gasteiger partial charge in [0.25, 0.3) is 0 Å². The Morgan fingerprint density at radius 3 is 2.63 bits per heavy atom. The number of benzene rings is 2. The van der Waals surface area contributed by atoms with Crippen molar-refractivity contribution in [2.75, 3.05) is 0 Å². The molecular formula is C15H10FNO2. The van der Waals surface area contributed by atoms with Crippen molar-refractivity contribution in [3.8, 4) is 6.07 Å². The standard InChI is InChI=1S/C15H10FNO2/c16-14-6-4-11(5-7-14)10-19-15(18)13-3-1-2-12(8-13)9-17/h1-8H,10H2. The van der Waals surface area contributed by atoms with Crippen molar-refractivity contribution in [2.45, 2.75) is 6.61 Å². The second-order valence-corrected chi connectivity index (χ2v) is 3.90. The molecule has 0 spiro atoms. The average Bonchev–Trinajstić information content (AvgIpc) is 2.46. The zero-order valence-electron chi connectivity index (χ0n) is 9.97. The molecule has 0 fully saturated rings. The van der Waals surface area contributed by atoms with Crippen molar-refractivity contribution in [3.05, 3.63) is 71.0 Å². The molecule has 0 aliphatic heterocycles. The number of nitriles is 1. The van der Waals surface area contributed by atoms with Gasteiger partial charge < -0.3 is 4.74 Å². The van der Waals surface area contributed by atoms with E-state index < -0.39 is 5.97 Å². The summed E-state index contributed by atoms with van der Waals surface area (Å²) in [5.74, 6) is -0.849. The van der Waals surface area contributed by atoms with Crippen LogP contribution in [0.15, 0.2) is 48.5 Å². The van der Waals surface area contributed by atoms with Crippen LogP contribution in [-0.2, 0) is 11.3 Å². The summed E-state index contributed by atoms with van der Waals surface area (Å²) in [6, 6.07) is 13.9. The van der Waals surface area contributed by atoms with Crippen LogP contribution in [-0.4, -0.2) is 5.97 Å². The summed E-state index contributed by atoms with van der Waals surface area (Å²) >= 11 is 0. The Balaban J connectivity index is 2.01. The van der Waals surface area contributed by atoms with Crippen LogP contribution in [0, 0.1) is 17.1 Å². The van der Waals surface area contributed by atoms with Crippen LogP contribution in [0.2, 0.25) is 0 Å². The van der Waals surface area contributed by atoms with E-state index in [-0.39, 0.29) is 12.4 Å². The molecule has 2 aromatic carbocycles. The van der Waals surface area contributed by atoms with E-state index in [1.54, 1.807) is 30.3 Å². The third kappa shape index (κ3) is 3.39. The minimum Gasteiger partial charge on any atom is -0.457 e. The van der Waals surface area contributed by atoms with Crippen LogP contribution >= 0.6 is 0 Å². The minimum absolute atomic E-state index is 0.0654. The van der Waals surface area contributed by atoms with Gasteiger partial charge in [-0.15, -0.1) is 0 Å². The van der Waals surface area contributed by atoms with E-state index >= 15 is 0 Å². The summed E-state index contributed by atoms with van der Waals surface area (Å²) in [5.41, 5.74) is 1.42. The fourth-order valence-corrected chi connectivity index (χ4v) is 1.53. The lowest BCUT2D eigenvalue weighted by Gasteiger charge is -2.05. The maximum absolute atomic E-state index is 12.7. The van der Waals surface area contributed by atoms with E-state index in [4.69, 9.17) is 10.00 Å². The topological polar surface area (TPSA) is 50.1 Å². The zero-order chi connectivity index (χ0) is 13.7. The molecule has 0 amide bonds. The largest absolute Gasteiger partial charge is 0.457 e. The molecule has 0 N–H and O–H groups in total. The van der Waals surface area contributed by atoms with Gasteiger partial charge in [-0.05, 0) is 35.9 Å². The normalized spacial score (nSPS) is 9.68. The third-order valence-corrected chi connectivity index (χ3v) is 2.51. The summed E-state index contributed by atoms with van der Waals surface area (Å²) < 4.78 is 17.8. The molecule has 0 radical (unpaired) electrons. The van der Waals surface area contributed by atoms with E-state index in [2.05, 4.69) is 0 Å². The van der Waals surface area contributed by atoms with Crippen LogP contribution in [0.25, 0.3) is 0 Å². The first-order chi connectivity index (χ1) is 9.19. The summed E-state index contributed by atoms with van der Waals surface area (Å²) in [6.45, 7) is 0.0654. The Kier molecular flexibility index (Phi) is 3.89. The van der Waals surface area contributed by atoms with Crippen LogP contribution < -0.4 is 0 Å². The van der Waals surface area contributed by atoms with Crippen molar-refractivity contribution >= 4 is 5.97 Å². The Bertz CT molecular complexity index is 629. The minimum atomic E-state index is -0.513. The molecule has 19 heavy (non-hydrogen) atoms. The number of carbonyl (C=O) groups is 1. The monoisotopic (exact) mass is 255 g/mol. The number of ether oxygens (including phenoxy) is 1. The van der Waals surface area contributed by atoms with Crippen molar-refractivity contribution in [1.29, 1.82) is 5.26 Å². The number of esters is 1. The van der Waals surface area contributed by atoms with Gasteiger partial charge in [-0.25, -0.2) is 9.18 Å². The molecule has 3 nitrogen and oxygen atoms in total. The first-order valence-electron chi connectivity index (χ1n) is 5.61. The third-order valence-electron chi connectivity index (χ3n) is 2.51. The molecule has 94 valence electrons. The Hall–Kier alpha value is -2.67. The van der Waals surface area contributed by atoms with Crippen molar-refractivity contribution in [3.63, 3.8) is 0 Å². The van der Waals surface area contributed by atoms with Gasteiger partial charge in [-0.1, -0.05) is 18.2 Å². The molecule has 0 bridgehead atoms. The SMILES string of the molecule is N#Cc1cccc(C(=O)OCc2ccc(F)cc2)c1. The summed E-state index contributed by atoms with van der Waals surface area (Å²) in [5, 5.41) is 8.74. The summed E-state index contributed by atoms with van der Waals surface area (Å²) in [7, 11) is 0. The molecule has 4 heteroatoms. The van der Waals surface area contributed by atoms with Crippen LogP contribution in [0.4, 0.5) is 4.39 Å². The number of carbonyl (C=O) groups excluding carboxylic acids is 1. The highest BCUT2D eigenvalue weighted by Crippen LogP contribution is 2.09. The van der Waals surface area contributed by atoms with E-state index in [0.29, 0.717) is 16.7 Å². The van der Waals surface area contributed by atoms with Gasteiger partial charge in [0, 0.05) is 0 Å². The van der Waals surface area contributed by atoms with Crippen LogP contribution in [0.5, 0.6) is 0 Å². The van der Waals surface area contributed by atoms with Gasteiger partial charge in [0.05, 0.1) is 17.2 Å². The number of hydrogen-bond acceptors (Lipinski definition) is 3. The molecule has 0 saturated carbocycles. The van der Waals surface area contributed by atoms with Gasteiger partial charge in [0.2, 0.25) is 0 Å². The molecule has 0 aliphatic rings. The molecule has 0 heterocycles. The van der Waals surface area contributed by atoms with Gasteiger partial charge >= 0.3 is 5.97 Å². The highest BCUT2D eigenvalue weighted by atomic mass is 19.1. The highest BCUT2D eigenvalue weighted by molar-refractivity contribution is 5.89.